The molecule has 0 saturated carbocycles. The second kappa shape index (κ2) is 13.7. The van der Waals surface area contributed by atoms with Crippen LogP contribution >= 0.6 is 0 Å². The average Bonchev–Trinajstić information content (AvgIpc) is 2.20. The predicted molar refractivity (Wildman–Crippen MR) is 54.7 cm³/mol. The van der Waals surface area contributed by atoms with Crippen LogP contribution < -0.4 is 69.3 Å². The Bertz CT molecular complexity index is 298. The molecular formula is C10H14N2Na2O4. The van der Waals surface area contributed by atoms with Gasteiger partial charge in [-0.1, -0.05) is 0 Å². The monoisotopic (exact) mass is 272 g/mol. The van der Waals surface area contributed by atoms with Crippen molar-refractivity contribution in [2.24, 2.45) is 10.2 Å². The molecule has 8 heteroatoms. The molecule has 0 aromatic carbocycles. The molecule has 0 amide bonds. The minimum atomic E-state index is -1.13. The number of nitrogens with zero attached hydrogens (tertiary/aromatic N) is 2. The molecule has 0 atom stereocenters. The number of carboxylic acid groups (broad SMARTS) is 2. The smallest absolute Gasteiger partial charge is 0.550 e. The molecule has 0 unspecified atom stereocenters. The van der Waals surface area contributed by atoms with E-state index in [9.17, 15) is 19.8 Å². The molecule has 0 rings (SSSR count). The van der Waals surface area contributed by atoms with Crippen molar-refractivity contribution in [3.63, 3.8) is 0 Å². The van der Waals surface area contributed by atoms with Crippen molar-refractivity contribution in [2.75, 3.05) is 0 Å². The molecule has 0 aromatic heterocycles. The second-order valence-electron chi connectivity index (χ2n) is 3.41. The number of hydrogen-bond acceptors (Lipinski definition) is 6. The summed E-state index contributed by atoms with van der Waals surface area (Å²) in [6.07, 6.45) is 0.366. The van der Waals surface area contributed by atoms with E-state index >= 15 is 0 Å². The Hall–Kier alpha value is 0.280. The van der Waals surface area contributed by atoms with Crippen molar-refractivity contribution in [1.82, 2.24) is 0 Å². The van der Waals surface area contributed by atoms with E-state index in [4.69, 9.17) is 0 Å². The maximum Gasteiger partial charge on any atom is 1.00 e. The molecule has 90 valence electrons. The normalized spacial score (nSPS) is 11.2. The Morgan fingerprint density at radius 3 is 1.28 bits per heavy atom. The molecule has 0 aliphatic carbocycles. The van der Waals surface area contributed by atoms with Crippen LogP contribution in [0.5, 0.6) is 0 Å². The Labute approximate surface area is 151 Å². The molecule has 0 aliphatic heterocycles. The van der Waals surface area contributed by atoms with Gasteiger partial charge < -0.3 is 19.8 Å². The molecule has 6 nitrogen and oxygen atoms in total. The Morgan fingerprint density at radius 1 is 0.778 bits per heavy atom. The summed E-state index contributed by atoms with van der Waals surface area (Å²) in [4.78, 5) is 20.3. The fourth-order valence-corrected chi connectivity index (χ4v) is 0.837. The van der Waals surface area contributed by atoms with Gasteiger partial charge in [0.25, 0.3) is 0 Å². The van der Waals surface area contributed by atoms with Crippen LogP contribution in [-0.4, -0.2) is 23.4 Å². The number of carbonyl (C=O) groups excluding carboxylic acids is 2. The van der Waals surface area contributed by atoms with Crippen molar-refractivity contribution in [3.8, 4) is 0 Å². The topological polar surface area (TPSA) is 105 Å². The molecular weight excluding hydrogens is 258 g/mol. The van der Waals surface area contributed by atoms with Crippen LogP contribution in [0.1, 0.15) is 39.5 Å². The maximum atomic E-state index is 10.1. The fourth-order valence-electron chi connectivity index (χ4n) is 0.837. The molecule has 0 saturated heterocycles. The van der Waals surface area contributed by atoms with E-state index in [2.05, 4.69) is 10.2 Å². The Balaban J connectivity index is -0.00000112. The summed E-state index contributed by atoms with van der Waals surface area (Å²) in [6, 6.07) is 0. The molecule has 18 heavy (non-hydrogen) atoms. The van der Waals surface area contributed by atoms with Crippen molar-refractivity contribution in [2.45, 2.75) is 39.5 Å². The summed E-state index contributed by atoms with van der Waals surface area (Å²) in [5.74, 6) is -2.26. The third-order valence-corrected chi connectivity index (χ3v) is 1.77. The third-order valence-electron chi connectivity index (χ3n) is 1.77. The fraction of sp³-hybridized carbons (Fsp3) is 0.600. The van der Waals surface area contributed by atoms with Gasteiger partial charge in [-0.15, -0.1) is 0 Å². The minimum absolute atomic E-state index is 0. The molecule has 0 radical (unpaired) electrons. The summed E-state index contributed by atoms with van der Waals surface area (Å²) in [5, 5.41) is 27.8. The van der Waals surface area contributed by atoms with Crippen LogP contribution in [0.15, 0.2) is 10.2 Å². The summed E-state index contributed by atoms with van der Waals surface area (Å²) < 4.78 is 0. The Kier molecular flexibility index (Phi) is 17.8. The molecule has 0 N–H and O–H groups in total. The first-order chi connectivity index (χ1) is 7.41. The van der Waals surface area contributed by atoms with Gasteiger partial charge in [0.05, 0.1) is 0 Å². The molecule has 0 spiro atoms. The average molecular weight is 272 g/mol. The summed E-state index contributed by atoms with van der Waals surface area (Å²) in [7, 11) is 0. The van der Waals surface area contributed by atoms with Crippen LogP contribution in [0, 0.1) is 0 Å². The van der Waals surface area contributed by atoms with Gasteiger partial charge in [-0.2, -0.15) is 10.2 Å². The van der Waals surface area contributed by atoms with Crippen LogP contribution in [-0.2, 0) is 9.59 Å². The maximum absolute atomic E-state index is 10.1. The van der Waals surface area contributed by atoms with Crippen molar-refractivity contribution < 1.29 is 78.9 Å². The largest absolute Gasteiger partial charge is 1.00 e. The summed E-state index contributed by atoms with van der Waals surface area (Å²) >= 11 is 0. The van der Waals surface area contributed by atoms with Crippen LogP contribution in [0.4, 0.5) is 0 Å². The number of aliphatic carboxylic acids is 2. The first-order valence-corrected chi connectivity index (χ1v) is 4.88. The molecule has 0 bridgehead atoms. The standard InChI is InChI=1S/C10H16N2O4.2Na/c1-7(3-5-9(13)14)11-12-8(2)4-6-10(15)16;;/h3-6H2,1-2H3,(H,13,14)(H,15,16);;/q;2*+1/p-2/b11-7-,12-8-;;. The first-order valence-electron chi connectivity index (χ1n) is 4.88. The Morgan fingerprint density at radius 2 is 1.06 bits per heavy atom. The molecule has 0 heterocycles. The van der Waals surface area contributed by atoms with Gasteiger partial charge in [0, 0.05) is 23.4 Å². The molecule has 0 fully saturated rings. The number of hydrogen-bond donors (Lipinski definition) is 0. The molecule has 0 aliphatic rings. The van der Waals surface area contributed by atoms with Crippen LogP contribution in [0.3, 0.4) is 0 Å². The molecule has 0 aromatic rings. The zero-order valence-electron chi connectivity index (χ0n) is 11.4. The van der Waals surface area contributed by atoms with E-state index < -0.39 is 11.9 Å². The van der Waals surface area contributed by atoms with E-state index in [1.807, 2.05) is 0 Å². The summed E-state index contributed by atoms with van der Waals surface area (Å²) in [6.45, 7) is 3.30. The number of carbonyl (C=O) groups is 2. The van der Waals surface area contributed by atoms with E-state index in [0.717, 1.165) is 0 Å². The second-order valence-corrected chi connectivity index (χ2v) is 3.41. The van der Waals surface area contributed by atoms with E-state index in [0.29, 0.717) is 11.4 Å². The van der Waals surface area contributed by atoms with Gasteiger partial charge in [0.1, 0.15) is 0 Å². The number of carboxylic acids is 2. The third kappa shape index (κ3) is 16.3. The first kappa shape index (κ1) is 23.4. The van der Waals surface area contributed by atoms with Gasteiger partial charge >= 0.3 is 59.1 Å². The van der Waals surface area contributed by atoms with Crippen LogP contribution in [0.25, 0.3) is 0 Å². The van der Waals surface area contributed by atoms with Crippen molar-refractivity contribution >= 4 is 23.4 Å². The SMILES string of the molecule is C/C(CCC(=O)[O-])=N/N=C(/C)CCC(=O)[O-].[Na+].[Na+]. The summed E-state index contributed by atoms with van der Waals surface area (Å²) in [5.41, 5.74) is 1.13. The van der Waals surface area contributed by atoms with Gasteiger partial charge in [0.2, 0.25) is 0 Å². The van der Waals surface area contributed by atoms with Gasteiger partial charge in [-0.25, -0.2) is 0 Å². The van der Waals surface area contributed by atoms with E-state index in [-0.39, 0.29) is 84.8 Å². The van der Waals surface area contributed by atoms with Crippen molar-refractivity contribution in [3.05, 3.63) is 0 Å². The van der Waals surface area contributed by atoms with Gasteiger partial charge in [-0.3, -0.25) is 0 Å². The van der Waals surface area contributed by atoms with Crippen LogP contribution in [0.2, 0.25) is 0 Å². The zero-order chi connectivity index (χ0) is 12.6. The van der Waals surface area contributed by atoms with E-state index in [1.54, 1.807) is 13.8 Å². The van der Waals surface area contributed by atoms with Gasteiger partial charge in [-0.05, 0) is 39.5 Å². The number of rotatable bonds is 7. The minimum Gasteiger partial charge on any atom is -0.550 e. The van der Waals surface area contributed by atoms with Crippen molar-refractivity contribution in [1.29, 1.82) is 0 Å². The van der Waals surface area contributed by atoms with E-state index in [1.165, 1.54) is 0 Å². The van der Waals surface area contributed by atoms with Gasteiger partial charge in [0.15, 0.2) is 0 Å². The quantitative estimate of drug-likeness (QED) is 0.261. The predicted octanol–water partition coefficient (Wildman–Crippen LogP) is -7.11. The zero-order valence-corrected chi connectivity index (χ0v) is 15.4.